The van der Waals surface area contributed by atoms with E-state index in [9.17, 15) is 5.11 Å². The number of aryl methyl sites for hydroxylation is 1. The molecule has 0 aliphatic rings. The van der Waals surface area contributed by atoms with Crippen molar-refractivity contribution < 1.29 is 5.11 Å². The van der Waals surface area contributed by atoms with Gasteiger partial charge in [0.1, 0.15) is 0 Å². The molecular weight excluding hydrogens is 198 g/mol. The third kappa shape index (κ3) is 4.07. The monoisotopic (exact) mass is 219 g/mol. The number of hydrogen-bond donors (Lipinski definition) is 1. The van der Waals surface area contributed by atoms with Crippen LogP contribution in [0.5, 0.6) is 0 Å². The molecule has 0 aliphatic carbocycles. The van der Waals surface area contributed by atoms with Crippen molar-refractivity contribution >= 4 is 0 Å². The molecule has 1 rings (SSSR count). The molecule has 2 nitrogen and oxygen atoms in total. The SMILES string of the molecule is C=C(O)C(C)CN(C)Cc1ccc(C)cc1. The zero-order valence-corrected chi connectivity index (χ0v) is 10.4. The fourth-order valence-corrected chi connectivity index (χ4v) is 1.64. The molecule has 0 radical (unpaired) electrons. The van der Waals surface area contributed by atoms with Gasteiger partial charge < -0.3 is 10.0 Å². The van der Waals surface area contributed by atoms with E-state index in [0.717, 1.165) is 13.1 Å². The van der Waals surface area contributed by atoms with Gasteiger partial charge in [-0.25, -0.2) is 0 Å². The standard InChI is InChI=1S/C14H21NO/c1-11-5-7-14(8-6-11)10-15(4)9-12(2)13(3)16/h5-8,12,16H,3,9-10H2,1-2,4H3. The van der Waals surface area contributed by atoms with Crippen LogP contribution < -0.4 is 0 Å². The summed E-state index contributed by atoms with van der Waals surface area (Å²) in [5, 5.41) is 9.25. The van der Waals surface area contributed by atoms with Crippen LogP contribution in [0.1, 0.15) is 18.1 Å². The van der Waals surface area contributed by atoms with Crippen molar-refractivity contribution in [3.8, 4) is 0 Å². The number of aliphatic hydroxyl groups excluding tert-OH is 1. The molecular formula is C14H21NO. The first-order valence-corrected chi connectivity index (χ1v) is 5.61. The maximum atomic E-state index is 9.25. The summed E-state index contributed by atoms with van der Waals surface area (Å²) < 4.78 is 0. The molecule has 0 fully saturated rings. The average molecular weight is 219 g/mol. The average Bonchev–Trinajstić information content (AvgIpc) is 2.21. The van der Waals surface area contributed by atoms with E-state index in [1.807, 2.05) is 6.92 Å². The van der Waals surface area contributed by atoms with Crippen LogP contribution in [-0.2, 0) is 6.54 Å². The summed E-state index contributed by atoms with van der Waals surface area (Å²) >= 11 is 0. The van der Waals surface area contributed by atoms with Gasteiger partial charge >= 0.3 is 0 Å². The highest BCUT2D eigenvalue weighted by atomic mass is 16.3. The van der Waals surface area contributed by atoms with Crippen molar-refractivity contribution in [1.82, 2.24) is 4.90 Å². The van der Waals surface area contributed by atoms with Crippen LogP contribution in [0.3, 0.4) is 0 Å². The van der Waals surface area contributed by atoms with Gasteiger partial charge in [-0.3, -0.25) is 0 Å². The Kier molecular flexibility index (Phi) is 4.56. The molecule has 1 aromatic carbocycles. The number of benzene rings is 1. The van der Waals surface area contributed by atoms with E-state index < -0.39 is 0 Å². The molecule has 0 spiro atoms. The van der Waals surface area contributed by atoms with Crippen molar-refractivity contribution in [3.63, 3.8) is 0 Å². The maximum absolute atomic E-state index is 9.25. The predicted octanol–water partition coefficient (Wildman–Crippen LogP) is 3.13. The molecule has 1 unspecified atom stereocenters. The van der Waals surface area contributed by atoms with Crippen LogP contribution in [0.2, 0.25) is 0 Å². The van der Waals surface area contributed by atoms with E-state index >= 15 is 0 Å². The highest BCUT2D eigenvalue weighted by Crippen LogP contribution is 2.10. The summed E-state index contributed by atoms with van der Waals surface area (Å²) in [5.41, 5.74) is 2.58. The van der Waals surface area contributed by atoms with Gasteiger partial charge in [0.2, 0.25) is 0 Å². The van der Waals surface area contributed by atoms with E-state index in [0.29, 0.717) is 0 Å². The Morgan fingerprint density at radius 1 is 1.38 bits per heavy atom. The fourth-order valence-electron chi connectivity index (χ4n) is 1.64. The van der Waals surface area contributed by atoms with Gasteiger partial charge in [0.25, 0.3) is 0 Å². The van der Waals surface area contributed by atoms with Gasteiger partial charge in [-0.1, -0.05) is 43.3 Å². The zero-order valence-electron chi connectivity index (χ0n) is 10.4. The van der Waals surface area contributed by atoms with Crippen LogP contribution in [0.4, 0.5) is 0 Å². The van der Waals surface area contributed by atoms with Gasteiger partial charge in [0.05, 0.1) is 5.76 Å². The predicted molar refractivity (Wildman–Crippen MR) is 68.4 cm³/mol. The summed E-state index contributed by atoms with van der Waals surface area (Å²) in [6.45, 7) is 9.35. The molecule has 2 heteroatoms. The third-order valence-electron chi connectivity index (χ3n) is 2.73. The molecule has 88 valence electrons. The van der Waals surface area contributed by atoms with E-state index in [4.69, 9.17) is 0 Å². The lowest BCUT2D eigenvalue weighted by atomic mass is 10.1. The van der Waals surface area contributed by atoms with Crippen molar-refractivity contribution in [3.05, 3.63) is 47.7 Å². The summed E-state index contributed by atoms with van der Waals surface area (Å²) in [7, 11) is 2.05. The van der Waals surface area contributed by atoms with E-state index in [2.05, 4.69) is 49.7 Å². The second kappa shape index (κ2) is 5.71. The largest absolute Gasteiger partial charge is 0.513 e. The van der Waals surface area contributed by atoms with Gasteiger partial charge in [-0.15, -0.1) is 0 Å². The maximum Gasteiger partial charge on any atom is 0.0891 e. The molecule has 0 aromatic heterocycles. The highest BCUT2D eigenvalue weighted by molar-refractivity contribution is 5.21. The van der Waals surface area contributed by atoms with Crippen molar-refractivity contribution in [2.45, 2.75) is 20.4 Å². The molecule has 1 N–H and O–H groups in total. The van der Waals surface area contributed by atoms with Crippen molar-refractivity contribution in [2.75, 3.05) is 13.6 Å². The number of nitrogens with zero attached hydrogens (tertiary/aromatic N) is 1. The van der Waals surface area contributed by atoms with Crippen LogP contribution >= 0.6 is 0 Å². The third-order valence-corrected chi connectivity index (χ3v) is 2.73. The minimum atomic E-state index is 0.121. The Labute approximate surface area is 98.2 Å². The van der Waals surface area contributed by atoms with Crippen LogP contribution in [-0.4, -0.2) is 23.6 Å². The molecule has 0 bridgehead atoms. The first kappa shape index (κ1) is 12.8. The van der Waals surface area contributed by atoms with E-state index in [1.54, 1.807) is 0 Å². The first-order valence-electron chi connectivity index (χ1n) is 5.61. The Morgan fingerprint density at radius 2 is 1.94 bits per heavy atom. The normalized spacial score (nSPS) is 12.8. The quantitative estimate of drug-likeness (QED) is 0.769. The lowest BCUT2D eigenvalue weighted by Gasteiger charge is -2.20. The van der Waals surface area contributed by atoms with Crippen molar-refractivity contribution in [1.29, 1.82) is 0 Å². The van der Waals surface area contributed by atoms with Crippen LogP contribution in [0.15, 0.2) is 36.6 Å². The summed E-state index contributed by atoms with van der Waals surface area (Å²) in [4.78, 5) is 2.19. The molecule has 1 aromatic rings. The second-order valence-corrected chi connectivity index (χ2v) is 4.57. The number of rotatable bonds is 5. The molecule has 0 heterocycles. The molecule has 0 aliphatic heterocycles. The smallest absolute Gasteiger partial charge is 0.0891 e. The molecule has 0 saturated carbocycles. The lowest BCUT2D eigenvalue weighted by Crippen LogP contribution is -2.24. The van der Waals surface area contributed by atoms with Gasteiger partial charge in [0.15, 0.2) is 0 Å². The Hall–Kier alpha value is -1.28. The number of hydrogen-bond acceptors (Lipinski definition) is 2. The molecule has 0 amide bonds. The topological polar surface area (TPSA) is 23.5 Å². The first-order chi connectivity index (χ1) is 7.49. The zero-order chi connectivity index (χ0) is 12.1. The molecule has 0 saturated heterocycles. The molecule has 16 heavy (non-hydrogen) atoms. The minimum Gasteiger partial charge on any atom is -0.513 e. The molecule has 1 atom stereocenters. The van der Waals surface area contributed by atoms with E-state index in [-0.39, 0.29) is 11.7 Å². The summed E-state index contributed by atoms with van der Waals surface area (Å²) in [6, 6.07) is 8.53. The fraction of sp³-hybridized carbons (Fsp3) is 0.429. The van der Waals surface area contributed by atoms with Gasteiger partial charge in [0, 0.05) is 19.0 Å². The summed E-state index contributed by atoms with van der Waals surface area (Å²) in [5.74, 6) is 0.381. The Morgan fingerprint density at radius 3 is 2.44 bits per heavy atom. The number of aliphatic hydroxyl groups is 1. The lowest BCUT2D eigenvalue weighted by molar-refractivity contribution is 0.250. The summed E-state index contributed by atoms with van der Waals surface area (Å²) in [6.07, 6.45) is 0. The van der Waals surface area contributed by atoms with Crippen LogP contribution in [0, 0.1) is 12.8 Å². The Bertz CT molecular complexity index is 342. The second-order valence-electron chi connectivity index (χ2n) is 4.57. The highest BCUT2D eigenvalue weighted by Gasteiger charge is 2.08. The van der Waals surface area contributed by atoms with E-state index in [1.165, 1.54) is 11.1 Å². The van der Waals surface area contributed by atoms with Gasteiger partial charge in [-0.05, 0) is 19.5 Å². The Balaban J connectivity index is 2.48. The van der Waals surface area contributed by atoms with Gasteiger partial charge in [-0.2, -0.15) is 0 Å². The minimum absolute atomic E-state index is 0.121. The van der Waals surface area contributed by atoms with Crippen molar-refractivity contribution in [2.24, 2.45) is 5.92 Å². The van der Waals surface area contributed by atoms with Crippen LogP contribution in [0.25, 0.3) is 0 Å².